The molecule has 0 spiro atoms. The van der Waals surface area contributed by atoms with Gasteiger partial charge >= 0.3 is 277 Å². The van der Waals surface area contributed by atoms with Crippen molar-refractivity contribution in [3.63, 3.8) is 0 Å². The first-order valence-electron chi connectivity index (χ1n) is 16.5. The maximum absolute atomic E-state index is 13.0. The van der Waals surface area contributed by atoms with E-state index < -0.39 is 43.1 Å². The van der Waals surface area contributed by atoms with Gasteiger partial charge in [0.15, 0.2) is 0 Å². The zero-order valence-electron chi connectivity index (χ0n) is 28.6. The first kappa shape index (κ1) is 38.4. The van der Waals surface area contributed by atoms with Gasteiger partial charge in [0.2, 0.25) is 0 Å². The molecule has 4 rings (SSSR count). The minimum atomic E-state index is -4.44. The molecule has 0 amide bonds. The quantitative estimate of drug-likeness (QED) is 0.0317. The molecule has 0 aliphatic rings. The fourth-order valence-electron chi connectivity index (χ4n) is 5.12. The van der Waals surface area contributed by atoms with Crippen LogP contribution in [-0.4, -0.2) is 43.1 Å². The monoisotopic (exact) mass is 800 g/mol. The van der Waals surface area contributed by atoms with Crippen LogP contribution in [0.1, 0.15) is 39.5 Å². The van der Waals surface area contributed by atoms with E-state index in [0.717, 1.165) is 58.7 Å². The van der Waals surface area contributed by atoms with Crippen molar-refractivity contribution in [3.8, 4) is 23.0 Å². The fraction of sp³-hybridized carbons (Fsp3) is 0.200. The van der Waals surface area contributed by atoms with Gasteiger partial charge in [-0.2, -0.15) is 0 Å². The van der Waals surface area contributed by atoms with Gasteiger partial charge in [-0.3, -0.25) is 0 Å². The van der Waals surface area contributed by atoms with E-state index in [9.17, 15) is 19.2 Å². The molecule has 0 bridgehead atoms. The molecule has 0 aliphatic heterocycles. The van der Waals surface area contributed by atoms with Crippen LogP contribution in [0.4, 0.5) is 0 Å². The van der Waals surface area contributed by atoms with Crippen molar-refractivity contribution in [2.24, 2.45) is 0 Å². The molecule has 264 valence electrons. The molecule has 0 unspecified atom stereocenters. The summed E-state index contributed by atoms with van der Waals surface area (Å²) in [6.07, 6.45) is 9.42. The zero-order valence-corrected chi connectivity index (χ0v) is 31.5. The molecule has 51 heavy (non-hydrogen) atoms. The van der Waals surface area contributed by atoms with Crippen LogP contribution in [0.3, 0.4) is 0 Å². The van der Waals surface area contributed by atoms with Crippen LogP contribution < -0.4 is 18.9 Å². The summed E-state index contributed by atoms with van der Waals surface area (Å²) >= 11 is -4.44. The van der Waals surface area contributed by atoms with E-state index in [-0.39, 0.29) is 11.5 Å². The van der Waals surface area contributed by atoms with Crippen molar-refractivity contribution in [1.82, 2.24) is 0 Å². The van der Waals surface area contributed by atoms with E-state index in [4.69, 9.17) is 25.1 Å². The minimum absolute atomic E-state index is 0.271. The van der Waals surface area contributed by atoms with E-state index in [1.165, 1.54) is 12.5 Å². The normalized spacial score (nSPS) is 11.3. The van der Waals surface area contributed by atoms with Crippen LogP contribution in [0, 0.1) is 0 Å². The van der Waals surface area contributed by atoms with Gasteiger partial charge in [-0.05, 0) is 0 Å². The van der Waals surface area contributed by atoms with Gasteiger partial charge in [0.05, 0.1) is 12.5 Å². The molecule has 0 atom stereocenters. The predicted molar refractivity (Wildman–Crippen MR) is 196 cm³/mol. The van der Waals surface area contributed by atoms with E-state index in [1.54, 1.807) is 60.7 Å². The van der Waals surface area contributed by atoms with Gasteiger partial charge in [-0.1, -0.05) is 13.2 Å². The Hall–Kier alpha value is -5.36. The van der Waals surface area contributed by atoms with E-state index in [0.29, 0.717) is 33.2 Å². The van der Waals surface area contributed by atoms with Gasteiger partial charge in [0.25, 0.3) is 0 Å². The summed E-state index contributed by atoms with van der Waals surface area (Å²) in [5.74, 6) is -1.50. The number of ether oxygens (including phenoxy) is 4. The summed E-state index contributed by atoms with van der Waals surface area (Å²) in [7, 11) is 0. The summed E-state index contributed by atoms with van der Waals surface area (Å²) in [6.45, 7) is 11.1. The Balaban J connectivity index is 1.40. The molecule has 10 nitrogen and oxygen atoms in total. The number of esters is 2. The number of carbonyl (C=O) groups is 4. The first-order chi connectivity index (χ1) is 24.6. The van der Waals surface area contributed by atoms with E-state index in [2.05, 4.69) is 13.2 Å². The van der Waals surface area contributed by atoms with Crippen molar-refractivity contribution in [2.45, 2.75) is 48.4 Å². The van der Waals surface area contributed by atoms with Crippen molar-refractivity contribution in [3.05, 3.63) is 123 Å². The molecule has 0 radical (unpaired) electrons. The molecule has 11 heteroatoms. The number of hydrogen-bond donors (Lipinski definition) is 0. The molecule has 4 aromatic carbocycles. The number of rotatable bonds is 18. The Labute approximate surface area is 301 Å². The second-order valence-electron chi connectivity index (χ2n) is 11.4. The van der Waals surface area contributed by atoms with Crippen molar-refractivity contribution < 1.29 is 44.3 Å². The Bertz CT molecular complexity index is 1820. The topological polar surface area (TPSA) is 124 Å². The summed E-state index contributed by atoms with van der Waals surface area (Å²) < 4.78 is 34.1. The standard InChI is InChI=1S/2C16H12O5.2C4H9.Sn/c2*1-2-20-13-5-3-11-4-6-14(10-12(11)9-13)21-16(19)8-7-15(17)18;2*1-3-4-2;/h2*2-10H,1H2,(H,17,18);2*1,3-4H2,2H3;/q;;;;+2/p-2/b2*8-7-;;;. The molecule has 0 saturated carbocycles. The summed E-state index contributed by atoms with van der Waals surface area (Å²) in [5, 5.41) is 3.38. The predicted octanol–water partition coefficient (Wildman–Crippen LogP) is 8.79. The van der Waals surface area contributed by atoms with Gasteiger partial charge in [-0.25, -0.2) is 0 Å². The third kappa shape index (κ3) is 11.9. The van der Waals surface area contributed by atoms with Gasteiger partial charge in [-0.15, -0.1) is 0 Å². The summed E-state index contributed by atoms with van der Waals surface area (Å²) in [4.78, 5) is 51.3. The van der Waals surface area contributed by atoms with Crippen molar-refractivity contribution in [2.75, 3.05) is 0 Å². The van der Waals surface area contributed by atoms with Crippen LogP contribution in [0.2, 0.25) is 8.87 Å². The van der Waals surface area contributed by atoms with E-state index in [1.807, 2.05) is 26.0 Å². The molecule has 0 aliphatic carbocycles. The fourth-order valence-corrected chi connectivity index (χ4v) is 14.7. The van der Waals surface area contributed by atoms with E-state index >= 15 is 0 Å². The Morgan fingerprint density at radius 1 is 0.529 bits per heavy atom. The average Bonchev–Trinajstić information content (AvgIpc) is 3.11. The SMILES string of the molecule is C=COc1ccc2ccc(OC(=O)/C=C\C(=O)[O][Sn]([CH2]CCC)([CH2]CCC)[O]C(=O)/C=C\C(=O)Oc3ccc4ccc(OC=C)cc4c3)cc2c1. The molecule has 0 N–H and O–H groups in total. The van der Waals surface area contributed by atoms with Gasteiger partial charge < -0.3 is 0 Å². The molecule has 0 aromatic heterocycles. The number of carbonyl (C=O) groups excluding carboxylic acids is 4. The zero-order chi connectivity index (χ0) is 36.6. The second kappa shape index (κ2) is 19.1. The number of unbranched alkanes of at least 4 members (excludes halogenated alkanes) is 2. The molecular formula is C40H40O10Sn. The number of benzene rings is 4. The molecule has 4 aromatic rings. The Kier molecular flexibility index (Phi) is 14.4. The first-order valence-corrected chi connectivity index (χ1v) is 22.9. The number of hydrogen-bond acceptors (Lipinski definition) is 10. The molecule has 0 heterocycles. The molecule has 0 saturated heterocycles. The summed E-state index contributed by atoms with van der Waals surface area (Å²) in [5.41, 5.74) is 0. The Morgan fingerprint density at radius 2 is 0.882 bits per heavy atom. The average molecular weight is 799 g/mol. The van der Waals surface area contributed by atoms with Gasteiger partial charge in [0.1, 0.15) is 0 Å². The maximum atomic E-state index is 13.0. The van der Waals surface area contributed by atoms with Crippen LogP contribution in [0.25, 0.3) is 21.5 Å². The number of fused-ring (bicyclic) bond motifs is 2. The van der Waals surface area contributed by atoms with Crippen molar-refractivity contribution in [1.29, 1.82) is 0 Å². The molecular weight excluding hydrogens is 759 g/mol. The van der Waals surface area contributed by atoms with Crippen LogP contribution in [-0.2, 0) is 25.3 Å². The third-order valence-electron chi connectivity index (χ3n) is 7.55. The molecule has 0 fully saturated rings. The Morgan fingerprint density at radius 3 is 1.25 bits per heavy atom. The van der Waals surface area contributed by atoms with Crippen LogP contribution >= 0.6 is 0 Å². The van der Waals surface area contributed by atoms with Crippen molar-refractivity contribution >= 4 is 64.6 Å². The van der Waals surface area contributed by atoms with Gasteiger partial charge in [0, 0.05) is 0 Å². The second-order valence-corrected chi connectivity index (χ2v) is 20.6. The van der Waals surface area contributed by atoms with Crippen LogP contribution in [0.5, 0.6) is 23.0 Å². The summed E-state index contributed by atoms with van der Waals surface area (Å²) in [6, 6.07) is 21.1. The van der Waals surface area contributed by atoms with Crippen LogP contribution in [0.15, 0.2) is 123 Å². The third-order valence-corrected chi connectivity index (χ3v) is 17.2.